The Bertz CT molecular complexity index is 639. The summed E-state index contributed by atoms with van der Waals surface area (Å²) in [5.74, 6) is -0.407. The van der Waals surface area contributed by atoms with Crippen molar-refractivity contribution in [2.75, 3.05) is 32.5 Å². The van der Waals surface area contributed by atoms with Gasteiger partial charge in [-0.05, 0) is 19.8 Å². The molecule has 0 bridgehead atoms. The second-order valence-electron chi connectivity index (χ2n) is 7.60. The molecule has 3 unspecified atom stereocenters. The van der Waals surface area contributed by atoms with E-state index in [0.717, 1.165) is 0 Å². The highest BCUT2D eigenvalue weighted by atomic mass is 31.2. The van der Waals surface area contributed by atoms with Crippen LogP contribution in [0.4, 0.5) is 4.79 Å². The number of carbonyl (C=O) groups excluding carboxylic acids is 2. The summed E-state index contributed by atoms with van der Waals surface area (Å²) in [4.78, 5) is 48.4. The van der Waals surface area contributed by atoms with E-state index in [0.29, 0.717) is 26.1 Å². The number of ether oxygens (including phenoxy) is 2. The Balaban J connectivity index is 2.02. The maximum Gasteiger partial charge on any atom is 0.327 e. The zero-order valence-corrected chi connectivity index (χ0v) is 16.3. The van der Waals surface area contributed by atoms with Crippen LogP contribution in [0.2, 0.25) is 0 Å². The molecule has 0 radical (unpaired) electrons. The first-order chi connectivity index (χ1) is 12.1. The molecule has 3 atom stereocenters. The van der Waals surface area contributed by atoms with Gasteiger partial charge in [0.1, 0.15) is 5.54 Å². The number of epoxide rings is 2. The summed E-state index contributed by atoms with van der Waals surface area (Å²) in [5.41, 5.74) is -2.37. The molecule has 148 valence electrons. The molecule has 3 heterocycles. The van der Waals surface area contributed by atoms with Gasteiger partial charge >= 0.3 is 13.6 Å². The summed E-state index contributed by atoms with van der Waals surface area (Å²) in [7, 11) is -4.41. The molecule has 3 aliphatic heterocycles. The van der Waals surface area contributed by atoms with Crippen molar-refractivity contribution in [1.82, 2.24) is 9.80 Å². The van der Waals surface area contributed by atoms with E-state index in [2.05, 4.69) is 0 Å². The SMILES string of the molecule is CCC(CC)(CP(=O)(O)O)C1(C)C(=O)N(CC2CO2)C(=O)N1CC1CO1. The number of hydrogen-bond donors (Lipinski definition) is 2. The predicted octanol–water partition coefficient (Wildman–Crippen LogP) is 0.791. The first kappa shape index (κ1) is 19.8. The first-order valence-electron chi connectivity index (χ1n) is 8.99. The van der Waals surface area contributed by atoms with Gasteiger partial charge in [0, 0.05) is 5.41 Å². The Kier molecular flexibility index (Phi) is 4.99. The molecular formula is C16H27N2O7P. The number of hydrogen-bond acceptors (Lipinski definition) is 5. The van der Waals surface area contributed by atoms with Crippen molar-refractivity contribution >= 4 is 19.5 Å². The molecule has 3 amide bonds. The lowest BCUT2D eigenvalue weighted by molar-refractivity contribution is -0.139. The molecule has 3 rings (SSSR count). The summed E-state index contributed by atoms with van der Waals surface area (Å²) in [6, 6.07) is -0.430. The summed E-state index contributed by atoms with van der Waals surface area (Å²) >= 11 is 0. The molecule has 0 aromatic rings. The van der Waals surface area contributed by atoms with Crippen LogP contribution in [0.25, 0.3) is 0 Å². The van der Waals surface area contributed by atoms with Crippen LogP contribution in [0, 0.1) is 5.41 Å². The molecule has 0 aliphatic carbocycles. The minimum Gasteiger partial charge on any atom is -0.371 e. The molecular weight excluding hydrogens is 363 g/mol. The molecule has 3 fully saturated rings. The van der Waals surface area contributed by atoms with Crippen LogP contribution in [0.3, 0.4) is 0 Å². The molecule has 0 saturated carbocycles. The van der Waals surface area contributed by atoms with Crippen LogP contribution in [0.15, 0.2) is 0 Å². The van der Waals surface area contributed by atoms with Crippen molar-refractivity contribution in [3.63, 3.8) is 0 Å². The molecule has 0 aromatic heterocycles. The van der Waals surface area contributed by atoms with Crippen molar-refractivity contribution in [2.24, 2.45) is 5.41 Å². The Hall–Kier alpha value is -0.990. The van der Waals surface area contributed by atoms with Gasteiger partial charge in [0.25, 0.3) is 5.91 Å². The lowest BCUT2D eigenvalue weighted by atomic mass is 9.67. The lowest BCUT2D eigenvalue weighted by Crippen LogP contribution is -2.61. The van der Waals surface area contributed by atoms with E-state index in [-0.39, 0.29) is 25.3 Å². The van der Waals surface area contributed by atoms with E-state index in [1.54, 1.807) is 20.8 Å². The van der Waals surface area contributed by atoms with Crippen LogP contribution in [0.5, 0.6) is 0 Å². The summed E-state index contributed by atoms with van der Waals surface area (Å²) < 4.78 is 22.3. The van der Waals surface area contributed by atoms with Crippen molar-refractivity contribution in [3.8, 4) is 0 Å². The van der Waals surface area contributed by atoms with Gasteiger partial charge in [0.2, 0.25) is 0 Å². The molecule has 2 N–H and O–H groups in total. The standard InChI is InChI=1S/C16H27N2O7P/c1-4-16(5-2,10-26(21,22)23)15(3)13(19)17(6-11-8-24-11)14(20)18(15)7-12-9-25-12/h11-12H,4-10H2,1-3H3,(H2,21,22,23). The van der Waals surface area contributed by atoms with E-state index in [4.69, 9.17) is 9.47 Å². The highest BCUT2D eigenvalue weighted by Gasteiger charge is 2.65. The summed E-state index contributed by atoms with van der Waals surface area (Å²) in [6.07, 6.45) is -0.00796. The number of urea groups is 1. The van der Waals surface area contributed by atoms with Crippen LogP contribution < -0.4 is 0 Å². The fourth-order valence-corrected chi connectivity index (χ4v) is 5.74. The number of rotatable bonds is 9. The van der Waals surface area contributed by atoms with Crippen molar-refractivity contribution < 1.29 is 33.4 Å². The highest BCUT2D eigenvalue weighted by Crippen LogP contribution is 2.55. The molecule has 26 heavy (non-hydrogen) atoms. The topological polar surface area (TPSA) is 123 Å². The molecule has 3 aliphatic rings. The number of imide groups is 1. The smallest absolute Gasteiger partial charge is 0.327 e. The van der Waals surface area contributed by atoms with Gasteiger partial charge in [-0.15, -0.1) is 0 Å². The van der Waals surface area contributed by atoms with E-state index >= 15 is 0 Å². The van der Waals surface area contributed by atoms with Gasteiger partial charge in [0.05, 0.1) is 44.7 Å². The molecule has 0 aromatic carbocycles. The second-order valence-corrected chi connectivity index (χ2v) is 9.25. The number of amides is 3. The van der Waals surface area contributed by atoms with Crippen LogP contribution in [-0.4, -0.2) is 81.7 Å². The third kappa shape index (κ3) is 3.31. The van der Waals surface area contributed by atoms with Gasteiger partial charge < -0.3 is 24.2 Å². The van der Waals surface area contributed by atoms with E-state index in [9.17, 15) is 23.9 Å². The Morgan fingerprint density at radius 1 is 1.15 bits per heavy atom. The lowest BCUT2D eigenvalue weighted by Gasteiger charge is -2.48. The minimum atomic E-state index is -4.41. The third-order valence-electron chi connectivity index (χ3n) is 6.14. The number of carbonyl (C=O) groups is 2. The monoisotopic (exact) mass is 390 g/mol. The average Bonchev–Trinajstić information content (AvgIpc) is 3.46. The van der Waals surface area contributed by atoms with Crippen LogP contribution in [0.1, 0.15) is 33.6 Å². The summed E-state index contributed by atoms with van der Waals surface area (Å²) in [5, 5.41) is 0. The van der Waals surface area contributed by atoms with E-state index in [1.807, 2.05) is 0 Å². The molecule has 0 spiro atoms. The van der Waals surface area contributed by atoms with E-state index in [1.165, 1.54) is 9.80 Å². The predicted molar refractivity (Wildman–Crippen MR) is 91.6 cm³/mol. The quantitative estimate of drug-likeness (QED) is 0.339. The van der Waals surface area contributed by atoms with Gasteiger partial charge in [-0.2, -0.15) is 0 Å². The fraction of sp³-hybridized carbons (Fsp3) is 0.875. The second kappa shape index (κ2) is 6.56. The first-order valence-corrected chi connectivity index (χ1v) is 10.8. The average molecular weight is 390 g/mol. The van der Waals surface area contributed by atoms with Gasteiger partial charge in [-0.1, -0.05) is 13.8 Å². The Labute approximate surface area is 152 Å². The van der Waals surface area contributed by atoms with Gasteiger partial charge in [-0.3, -0.25) is 14.3 Å². The van der Waals surface area contributed by atoms with E-state index < -0.39 is 36.6 Å². The van der Waals surface area contributed by atoms with Crippen molar-refractivity contribution in [1.29, 1.82) is 0 Å². The fourth-order valence-electron chi connectivity index (χ4n) is 4.20. The molecule has 10 heteroatoms. The maximum absolute atomic E-state index is 13.4. The highest BCUT2D eigenvalue weighted by molar-refractivity contribution is 7.51. The van der Waals surface area contributed by atoms with Gasteiger partial charge in [-0.25, -0.2) is 4.79 Å². The zero-order valence-electron chi connectivity index (χ0n) is 15.4. The zero-order chi connectivity index (χ0) is 19.3. The Morgan fingerprint density at radius 3 is 2.08 bits per heavy atom. The normalized spacial score (nSPS) is 31.7. The molecule has 3 saturated heterocycles. The largest absolute Gasteiger partial charge is 0.371 e. The Morgan fingerprint density at radius 2 is 1.65 bits per heavy atom. The maximum atomic E-state index is 13.4. The van der Waals surface area contributed by atoms with Crippen molar-refractivity contribution in [2.45, 2.75) is 51.4 Å². The van der Waals surface area contributed by atoms with Gasteiger partial charge in [0.15, 0.2) is 0 Å². The van der Waals surface area contributed by atoms with Crippen molar-refractivity contribution in [3.05, 3.63) is 0 Å². The molecule has 9 nitrogen and oxygen atoms in total. The summed E-state index contributed by atoms with van der Waals surface area (Å²) in [6.45, 7) is 6.70. The number of nitrogens with zero attached hydrogens (tertiary/aromatic N) is 2. The third-order valence-corrected chi connectivity index (χ3v) is 7.15. The van der Waals surface area contributed by atoms with Crippen LogP contribution >= 0.6 is 7.60 Å². The van der Waals surface area contributed by atoms with Crippen LogP contribution in [-0.2, 0) is 18.8 Å². The minimum absolute atomic E-state index is 0.135.